The van der Waals surface area contributed by atoms with Crippen molar-refractivity contribution in [3.05, 3.63) is 24.1 Å². The number of piperazine rings is 1. The number of hydrogen-bond donors (Lipinski definition) is 1. The van der Waals surface area contributed by atoms with E-state index in [1.165, 1.54) is 0 Å². The normalized spacial score (nSPS) is 15.0. The highest BCUT2D eigenvalue weighted by Crippen LogP contribution is 2.17. The molecule has 1 fully saturated rings. The number of aromatic nitrogens is 2. The van der Waals surface area contributed by atoms with Gasteiger partial charge in [-0.05, 0) is 13.3 Å². The summed E-state index contributed by atoms with van der Waals surface area (Å²) in [6.07, 6.45) is 7.13. The van der Waals surface area contributed by atoms with Gasteiger partial charge in [-0.1, -0.05) is 58.0 Å². The summed E-state index contributed by atoms with van der Waals surface area (Å²) in [5.41, 5.74) is 1.00. The Kier molecular flexibility index (Phi) is 12.1. The van der Waals surface area contributed by atoms with E-state index in [2.05, 4.69) is 33.4 Å². The van der Waals surface area contributed by atoms with Crippen LogP contribution < -0.4 is 10.2 Å². The van der Waals surface area contributed by atoms with E-state index in [0.29, 0.717) is 11.8 Å². The van der Waals surface area contributed by atoms with Gasteiger partial charge in [0.1, 0.15) is 0 Å². The van der Waals surface area contributed by atoms with E-state index in [9.17, 15) is 0 Å². The average molecular weight is 308 g/mol. The summed E-state index contributed by atoms with van der Waals surface area (Å²) >= 11 is 0. The first-order valence-corrected chi connectivity index (χ1v) is 8.47. The lowest BCUT2D eigenvalue weighted by Crippen LogP contribution is -2.43. The van der Waals surface area contributed by atoms with Crippen LogP contribution in [0.2, 0.25) is 0 Å². The van der Waals surface area contributed by atoms with Gasteiger partial charge in [0.15, 0.2) is 0 Å². The van der Waals surface area contributed by atoms with Crippen LogP contribution in [0.3, 0.4) is 0 Å². The standard InChI is InChI=1S/C13H20N4O.2C2H6/c1-3-5-6-11(4-2)12-15-13(18-16-12)17-9-7-14-8-10-17;2*1-2/h4-6,14H,3,7-10H2,1-2H3;2*1-2H3/b6-5-,11-4+;;. The Morgan fingerprint density at radius 3 is 2.41 bits per heavy atom. The predicted molar refractivity (Wildman–Crippen MR) is 95.2 cm³/mol. The van der Waals surface area contributed by atoms with Crippen LogP contribution in [-0.4, -0.2) is 36.3 Å². The van der Waals surface area contributed by atoms with Gasteiger partial charge in [0, 0.05) is 31.8 Å². The van der Waals surface area contributed by atoms with Gasteiger partial charge in [0.2, 0.25) is 5.82 Å². The molecule has 1 aromatic rings. The Hall–Kier alpha value is -1.62. The minimum atomic E-state index is 0.621. The number of nitrogens with one attached hydrogen (secondary N) is 1. The van der Waals surface area contributed by atoms with Crippen molar-refractivity contribution in [3.63, 3.8) is 0 Å². The molecule has 0 saturated carbocycles. The molecule has 0 unspecified atom stereocenters. The number of anilines is 1. The number of allylic oxidation sites excluding steroid dienone is 4. The molecule has 0 spiro atoms. The van der Waals surface area contributed by atoms with E-state index in [0.717, 1.165) is 38.2 Å². The molecule has 0 aliphatic carbocycles. The van der Waals surface area contributed by atoms with Crippen LogP contribution in [-0.2, 0) is 0 Å². The third-order valence-electron chi connectivity index (χ3n) is 2.91. The molecule has 22 heavy (non-hydrogen) atoms. The molecule has 2 rings (SSSR count). The zero-order valence-electron chi connectivity index (χ0n) is 15.0. The fourth-order valence-electron chi connectivity index (χ4n) is 1.86. The summed E-state index contributed by atoms with van der Waals surface area (Å²) < 4.78 is 5.33. The molecule has 0 amide bonds. The fraction of sp³-hybridized carbons (Fsp3) is 0.647. The Bertz CT molecular complexity index is 432. The van der Waals surface area contributed by atoms with E-state index < -0.39 is 0 Å². The molecule has 0 aromatic carbocycles. The summed E-state index contributed by atoms with van der Waals surface area (Å²) in [7, 11) is 0. The first kappa shape index (κ1) is 20.4. The molecule has 1 saturated heterocycles. The Morgan fingerprint density at radius 1 is 1.23 bits per heavy atom. The van der Waals surface area contributed by atoms with Crippen molar-refractivity contribution in [1.82, 2.24) is 15.5 Å². The summed E-state index contributed by atoms with van der Waals surface area (Å²) in [5.74, 6) is 0.663. The minimum Gasteiger partial charge on any atom is -0.322 e. The topological polar surface area (TPSA) is 54.2 Å². The van der Waals surface area contributed by atoms with Crippen LogP contribution in [0.15, 0.2) is 22.8 Å². The summed E-state index contributed by atoms with van der Waals surface area (Å²) in [6, 6.07) is 0.621. The fourth-order valence-corrected chi connectivity index (χ4v) is 1.86. The predicted octanol–water partition coefficient (Wildman–Crippen LogP) is 3.90. The molecule has 5 nitrogen and oxygen atoms in total. The number of nitrogens with zero attached hydrogens (tertiary/aromatic N) is 3. The molecule has 0 radical (unpaired) electrons. The SMILES string of the molecule is C/C=C(\C=C/CC)c1noc(N2CCNCC2)n1.CC.CC. The third-order valence-corrected chi connectivity index (χ3v) is 2.91. The first-order chi connectivity index (χ1) is 10.8. The number of hydrogen-bond acceptors (Lipinski definition) is 5. The van der Waals surface area contributed by atoms with Crippen LogP contribution >= 0.6 is 0 Å². The summed E-state index contributed by atoms with van der Waals surface area (Å²) in [5, 5.41) is 7.35. The highest BCUT2D eigenvalue weighted by atomic mass is 16.5. The maximum atomic E-state index is 5.33. The maximum Gasteiger partial charge on any atom is 0.324 e. The summed E-state index contributed by atoms with van der Waals surface area (Å²) in [4.78, 5) is 6.57. The molecular formula is C17H32N4O. The monoisotopic (exact) mass is 308 g/mol. The van der Waals surface area contributed by atoms with Crippen LogP contribution in [0.4, 0.5) is 6.01 Å². The molecule has 5 heteroatoms. The summed E-state index contributed by atoms with van der Waals surface area (Å²) in [6.45, 7) is 15.8. The van der Waals surface area contributed by atoms with Gasteiger partial charge >= 0.3 is 6.01 Å². The Morgan fingerprint density at radius 2 is 1.86 bits per heavy atom. The minimum absolute atomic E-state index is 0.621. The molecular weight excluding hydrogens is 276 g/mol. The molecule has 2 heterocycles. The Labute approximate surface area is 135 Å². The van der Waals surface area contributed by atoms with Gasteiger partial charge in [-0.2, -0.15) is 4.98 Å². The second kappa shape index (κ2) is 13.1. The molecule has 1 aliphatic rings. The zero-order valence-corrected chi connectivity index (χ0v) is 15.0. The van der Waals surface area contributed by atoms with E-state index >= 15 is 0 Å². The zero-order chi connectivity index (χ0) is 16.8. The van der Waals surface area contributed by atoms with E-state index in [1.807, 2.05) is 46.8 Å². The second-order valence-electron chi connectivity index (χ2n) is 4.19. The van der Waals surface area contributed by atoms with E-state index in [-0.39, 0.29) is 0 Å². The second-order valence-corrected chi connectivity index (χ2v) is 4.19. The van der Waals surface area contributed by atoms with Gasteiger partial charge in [-0.15, -0.1) is 0 Å². The highest BCUT2D eigenvalue weighted by Gasteiger charge is 2.17. The quantitative estimate of drug-likeness (QED) is 0.855. The van der Waals surface area contributed by atoms with Crippen molar-refractivity contribution >= 4 is 11.6 Å². The van der Waals surface area contributed by atoms with Crippen LogP contribution in [0.1, 0.15) is 53.8 Å². The first-order valence-electron chi connectivity index (χ1n) is 8.47. The van der Waals surface area contributed by atoms with Crippen LogP contribution in [0.5, 0.6) is 0 Å². The molecule has 1 aliphatic heterocycles. The van der Waals surface area contributed by atoms with Crippen molar-refractivity contribution in [2.75, 3.05) is 31.1 Å². The molecule has 126 valence electrons. The van der Waals surface area contributed by atoms with Crippen molar-refractivity contribution in [3.8, 4) is 0 Å². The van der Waals surface area contributed by atoms with Gasteiger partial charge in [-0.3, -0.25) is 0 Å². The van der Waals surface area contributed by atoms with Crippen molar-refractivity contribution in [2.24, 2.45) is 0 Å². The van der Waals surface area contributed by atoms with E-state index in [1.54, 1.807) is 0 Å². The van der Waals surface area contributed by atoms with Crippen LogP contribution in [0.25, 0.3) is 5.57 Å². The van der Waals surface area contributed by atoms with E-state index in [4.69, 9.17) is 4.52 Å². The third kappa shape index (κ3) is 6.43. The largest absolute Gasteiger partial charge is 0.324 e. The molecule has 1 aromatic heterocycles. The lowest BCUT2D eigenvalue weighted by atomic mass is 10.2. The average Bonchev–Trinajstić information content (AvgIpc) is 3.10. The molecule has 0 atom stereocenters. The van der Waals surface area contributed by atoms with Crippen LogP contribution in [0, 0.1) is 0 Å². The van der Waals surface area contributed by atoms with Crippen molar-refractivity contribution in [2.45, 2.75) is 48.0 Å². The molecule has 1 N–H and O–H groups in total. The smallest absolute Gasteiger partial charge is 0.322 e. The van der Waals surface area contributed by atoms with Crippen molar-refractivity contribution in [1.29, 1.82) is 0 Å². The van der Waals surface area contributed by atoms with Gasteiger partial charge < -0.3 is 14.7 Å². The lowest BCUT2D eigenvalue weighted by Gasteiger charge is -2.24. The maximum absolute atomic E-state index is 5.33. The molecule has 0 bridgehead atoms. The Balaban J connectivity index is 0.00000102. The van der Waals surface area contributed by atoms with Gasteiger partial charge in [-0.25, -0.2) is 0 Å². The van der Waals surface area contributed by atoms with Gasteiger partial charge in [0.05, 0.1) is 0 Å². The highest BCUT2D eigenvalue weighted by molar-refractivity contribution is 5.69. The van der Waals surface area contributed by atoms with Gasteiger partial charge in [0.25, 0.3) is 0 Å². The van der Waals surface area contributed by atoms with Crippen molar-refractivity contribution < 1.29 is 4.52 Å². The lowest BCUT2D eigenvalue weighted by molar-refractivity contribution is 0.402. The number of rotatable bonds is 4.